The predicted molar refractivity (Wildman–Crippen MR) is 107 cm³/mol. The van der Waals surface area contributed by atoms with Crippen LogP contribution in [0.2, 0.25) is 10.0 Å². The first kappa shape index (κ1) is 20.1. The molecule has 0 aliphatic heterocycles. The van der Waals surface area contributed by atoms with E-state index in [1.54, 1.807) is 12.1 Å². The van der Waals surface area contributed by atoms with E-state index in [1.165, 1.54) is 11.1 Å². The normalized spacial score (nSPS) is 13.0. The minimum atomic E-state index is -0.711. The van der Waals surface area contributed by atoms with Crippen molar-refractivity contribution in [3.63, 3.8) is 0 Å². The van der Waals surface area contributed by atoms with Crippen LogP contribution in [0, 0.1) is 0 Å². The summed E-state index contributed by atoms with van der Waals surface area (Å²) >= 11 is 12.1. The second-order valence-corrected chi connectivity index (χ2v) is 7.84. The molecule has 0 aliphatic rings. The average molecular weight is 381 g/mol. The van der Waals surface area contributed by atoms with E-state index in [0.29, 0.717) is 27.8 Å². The lowest BCUT2D eigenvalue weighted by atomic mass is 9.93. The molecule has 0 amide bonds. The van der Waals surface area contributed by atoms with Gasteiger partial charge in [0.25, 0.3) is 0 Å². The van der Waals surface area contributed by atoms with Crippen molar-refractivity contribution >= 4 is 28.9 Å². The number of hydrogen-bond acceptors (Lipinski definition) is 3. The SMILES string of the molecule is CCc1ccc(CC(C)(C)NCC(O)c2cc(Cl)c(N)c(Cl)c2)cc1. The van der Waals surface area contributed by atoms with Crippen molar-refractivity contribution in [2.75, 3.05) is 12.3 Å². The van der Waals surface area contributed by atoms with Crippen molar-refractivity contribution < 1.29 is 5.11 Å². The zero-order valence-corrected chi connectivity index (χ0v) is 16.5. The Morgan fingerprint density at radius 2 is 1.60 bits per heavy atom. The van der Waals surface area contributed by atoms with Gasteiger partial charge in [0.15, 0.2) is 0 Å². The molecule has 0 aromatic heterocycles. The molecule has 1 atom stereocenters. The predicted octanol–water partition coefficient (Wildman–Crippen LogP) is 4.78. The summed E-state index contributed by atoms with van der Waals surface area (Å²) in [4.78, 5) is 0. The van der Waals surface area contributed by atoms with Crippen LogP contribution in [0.5, 0.6) is 0 Å². The van der Waals surface area contributed by atoms with E-state index < -0.39 is 6.10 Å². The van der Waals surface area contributed by atoms with Gasteiger partial charge in [0.1, 0.15) is 0 Å². The summed E-state index contributed by atoms with van der Waals surface area (Å²) in [6.07, 6.45) is 1.20. The molecule has 25 heavy (non-hydrogen) atoms. The monoisotopic (exact) mass is 380 g/mol. The Morgan fingerprint density at radius 1 is 1.08 bits per heavy atom. The zero-order valence-electron chi connectivity index (χ0n) is 14.9. The summed E-state index contributed by atoms with van der Waals surface area (Å²) in [6, 6.07) is 12.0. The minimum Gasteiger partial charge on any atom is -0.396 e. The molecule has 5 heteroatoms. The van der Waals surface area contributed by atoms with Gasteiger partial charge in [-0.05, 0) is 55.5 Å². The molecule has 0 radical (unpaired) electrons. The van der Waals surface area contributed by atoms with Gasteiger partial charge in [0.05, 0.1) is 21.8 Å². The van der Waals surface area contributed by atoms with Crippen LogP contribution in [0.15, 0.2) is 36.4 Å². The number of nitrogen functional groups attached to an aromatic ring is 1. The van der Waals surface area contributed by atoms with E-state index >= 15 is 0 Å². The third-order valence-corrected chi connectivity index (χ3v) is 4.96. The number of hydrogen-bond donors (Lipinski definition) is 3. The van der Waals surface area contributed by atoms with Gasteiger partial charge >= 0.3 is 0 Å². The standard InChI is InChI=1S/C20H26Cl2N2O/c1-4-13-5-7-14(8-6-13)11-20(2,3)24-12-18(25)15-9-16(21)19(23)17(22)10-15/h5-10,18,24-25H,4,11-12,23H2,1-3H3. The summed E-state index contributed by atoms with van der Waals surface area (Å²) < 4.78 is 0. The average Bonchev–Trinajstić information content (AvgIpc) is 2.57. The highest BCUT2D eigenvalue weighted by molar-refractivity contribution is 6.38. The van der Waals surface area contributed by atoms with Crippen LogP contribution in [0.3, 0.4) is 0 Å². The van der Waals surface area contributed by atoms with E-state index in [0.717, 1.165) is 12.8 Å². The van der Waals surface area contributed by atoms with Crippen LogP contribution in [-0.2, 0) is 12.8 Å². The Morgan fingerprint density at radius 3 is 2.12 bits per heavy atom. The molecular formula is C20H26Cl2N2O. The number of aryl methyl sites for hydroxylation is 1. The van der Waals surface area contributed by atoms with Crippen LogP contribution in [0.1, 0.15) is 43.6 Å². The van der Waals surface area contributed by atoms with Gasteiger partial charge in [-0.25, -0.2) is 0 Å². The van der Waals surface area contributed by atoms with Gasteiger partial charge in [-0.2, -0.15) is 0 Å². The highest BCUT2D eigenvalue weighted by Gasteiger charge is 2.20. The first-order valence-electron chi connectivity index (χ1n) is 8.47. The molecule has 2 aromatic carbocycles. The van der Waals surface area contributed by atoms with Crippen molar-refractivity contribution in [2.45, 2.75) is 45.3 Å². The van der Waals surface area contributed by atoms with Crippen molar-refractivity contribution in [3.05, 3.63) is 63.1 Å². The fraction of sp³-hybridized carbons (Fsp3) is 0.400. The lowest BCUT2D eigenvalue weighted by Gasteiger charge is -2.28. The number of nitrogens with one attached hydrogen (secondary N) is 1. The molecule has 0 saturated heterocycles. The molecule has 2 rings (SSSR count). The Hall–Kier alpha value is -1.26. The fourth-order valence-corrected chi connectivity index (χ4v) is 3.26. The van der Waals surface area contributed by atoms with Crippen LogP contribution < -0.4 is 11.1 Å². The van der Waals surface area contributed by atoms with Crippen molar-refractivity contribution in [1.29, 1.82) is 0 Å². The summed E-state index contributed by atoms with van der Waals surface area (Å²) in [7, 11) is 0. The Bertz CT molecular complexity index is 691. The van der Waals surface area contributed by atoms with Crippen molar-refractivity contribution in [1.82, 2.24) is 5.32 Å². The van der Waals surface area contributed by atoms with Crippen LogP contribution >= 0.6 is 23.2 Å². The first-order chi connectivity index (χ1) is 11.7. The quantitative estimate of drug-likeness (QED) is 0.605. The second-order valence-electron chi connectivity index (χ2n) is 7.03. The maximum Gasteiger partial charge on any atom is 0.0915 e. The van der Waals surface area contributed by atoms with Gasteiger partial charge in [-0.1, -0.05) is 54.4 Å². The van der Waals surface area contributed by atoms with Crippen LogP contribution in [0.4, 0.5) is 5.69 Å². The van der Waals surface area contributed by atoms with E-state index in [1.807, 2.05) is 0 Å². The summed E-state index contributed by atoms with van der Waals surface area (Å²) in [5, 5.41) is 14.6. The van der Waals surface area contributed by atoms with Crippen molar-refractivity contribution in [2.24, 2.45) is 0 Å². The molecule has 0 aliphatic carbocycles. The molecule has 0 fully saturated rings. The van der Waals surface area contributed by atoms with Gasteiger partial charge in [0, 0.05) is 12.1 Å². The number of nitrogens with two attached hydrogens (primary N) is 1. The third-order valence-electron chi connectivity index (χ3n) is 4.34. The number of anilines is 1. The van der Waals surface area contributed by atoms with E-state index in [9.17, 15) is 5.11 Å². The zero-order chi connectivity index (χ0) is 18.6. The third kappa shape index (κ3) is 5.61. The molecule has 1 unspecified atom stereocenters. The maximum absolute atomic E-state index is 10.4. The van der Waals surface area contributed by atoms with Crippen LogP contribution in [0.25, 0.3) is 0 Å². The molecule has 2 aromatic rings. The second kappa shape index (κ2) is 8.41. The summed E-state index contributed by atoms with van der Waals surface area (Å²) in [5.41, 5.74) is 9.17. The fourth-order valence-electron chi connectivity index (χ4n) is 2.75. The summed E-state index contributed by atoms with van der Waals surface area (Å²) in [5.74, 6) is 0. The topological polar surface area (TPSA) is 58.3 Å². The van der Waals surface area contributed by atoms with E-state index in [4.69, 9.17) is 28.9 Å². The number of aliphatic hydroxyl groups is 1. The number of halogens is 2. The van der Waals surface area contributed by atoms with Gasteiger partial charge in [-0.15, -0.1) is 0 Å². The van der Waals surface area contributed by atoms with E-state index in [-0.39, 0.29) is 5.54 Å². The molecular weight excluding hydrogens is 355 g/mol. The Labute approximate surface area is 160 Å². The number of aliphatic hydroxyl groups excluding tert-OH is 1. The molecule has 0 bridgehead atoms. The molecule has 0 heterocycles. The lowest BCUT2D eigenvalue weighted by molar-refractivity contribution is 0.161. The number of β-amino-alcohol motifs (C(OH)–C–C–N with tert-alkyl or cyclic N) is 1. The largest absolute Gasteiger partial charge is 0.396 e. The first-order valence-corrected chi connectivity index (χ1v) is 9.23. The van der Waals surface area contributed by atoms with E-state index in [2.05, 4.69) is 50.4 Å². The summed E-state index contributed by atoms with van der Waals surface area (Å²) in [6.45, 7) is 6.79. The van der Waals surface area contributed by atoms with Crippen LogP contribution in [-0.4, -0.2) is 17.2 Å². The molecule has 0 saturated carbocycles. The highest BCUT2D eigenvalue weighted by Crippen LogP contribution is 2.31. The lowest BCUT2D eigenvalue weighted by Crippen LogP contribution is -2.43. The molecule has 0 spiro atoms. The van der Waals surface area contributed by atoms with Gasteiger partial charge in [-0.3, -0.25) is 0 Å². The molecule has 3 nitrogen and oxygen atoms in total. The molecule has 4 N–H and O–H groups in total. The highest BCUT2D eigenvalue weighted by atomic mass is 35.5. The van der Waals surface area contributed by atoms with Crippen molar-refractivity contribution in [3.8, 4) is 0 Å². The smallest absolute Gasteiger partial charge is 0.0915 e. The van der Waals surface area contributed by atoms with Gasteiger partial charge < -0.3 is 16.2 Å². The Balaban J connectivity index is 1.98. The Kier molecular flexibility index (Phi) is 6.75. The minimum absolute atomic E-state index is 0.157. The number of rotatable bonds is 7. The molecule has 136 valence electrons. The number of benzene rings is 2. The maximum atomic E-state index is 10.4. The van der Waals surface area contributed by atoms with Gasteiger partial charge in [0.2, 0.25) is 0 Å².